The van der Waals surface area contributed by atoms with Gasteiger partial charge in [0.1, 0.15) is 5.82 Å². The van der Waals surface area contributed by atoms with Gasteiger partial charge in [-0.05, 0) is 29.8 Å². The van der Waals surface area contributed by atoms with Crippen LogP contribution in [-0.4, -0.2) is 79.2 Å². The molecule has 0 radical (unpaired) electrons. The molecule has 2 saturated heterocycles. The molecule has 2 fully saturated rings. The van der Waals surface area contributed by atoms with Crippen molar-refractivity contribution in [2.45, 2.75) is 13.0 Å². The van der Waals surface area contributed by atoms with Crippen LogP contribution in [0.4, 0.5) is 27.7 Å². The third kappa shape index (κ3) is 6.97. The van der Waals surface area contributed by atoms with E-state index >= 15 is 0 Å². The van der Waals surface area contributed by atoms with E-state index in [0.717, 1.165) is 41.3 Å². The SMILES string of the molecule is NC(=O)Cc1cnc(Nc2ccc(N3CCN(C(=O)N4CCOCC4)CC3)cc2)cc1NCc1ccccc1. The number of carbonyl (C=O) groups is 2. The molecule has 3 aromatic rings. The Morgan fingerprint density at radius 3 is 2.28 bits per heavy atom. The standard InChI is InChI=1S/C29H35N7O3/c30-27(37)18-23-21-32-28(19-26(23)31-20-22-4-2-1-3-5-22)33-24-6-8-25(9-7-24)34-10-12-35(13-11-34)29(38)36-14-16-39-17-15-36/h1-9,19,21H,10-18,20H2,(H2,30,37)(H2,31,32,33). The number of rotatable bonds is 8. The molecule has 2 aliphatic rings. The van der Waals surface area contributed by atoms with Gasteiger partial charge in [-0.1, -0.05) is 30.3 Å². The summed E-state index contributed by atoms with van der Waals surface area (Å²) in [6.45, 7) is 6.18. The number of piperazine rings is 1. The van der Waals surface area contributed by atoms with Gasteiger partial charge in [-0.15, -0.1) is 0 Å². The summed E-state index contributed by atoms with van der Waals surface area (Å²) in [4.78, 5) is 35.0. The maximum Gasteiger partial charge on any atom is 0.320 e. The number of nitrogens with zero attached hydrogens (tertiary/aromatic N) is 4. The van der Waals surface area contributed by atoms with Crippen molar-refractivity contribution in [3.05, 3.63) is 78.0 Å². The van der Waals surface area contributed by atoms with Crippen LogP contribution >= 0.6 is 0 Å². The number of primary amides is 1. The molecule has 0 bridgehead atoms. The van der Waals surface area contributed by atoms with E-state index in [1.807, 2.05) is 58.3 Å². The molecule has 0 unspecified atom stereocenters. The molecule has 3 heterocycles. The first kappa shape index (κ1) is 26.3. The van der Waals surface area contributed by atoms with Crippen LogP contribution in [-0.2, 0) is 22.5 Å². The van der Waals surface area contributed by atoms with E-state index in [4.69, 9.17) is 10.5 Å². The number of benzene rings is 2. The monoisotopic (exact) mass is 529 g/mol. The number of anilines is 4. The van der Waals surface area contributed by atoms with Crippen LogP contribution in [0.15, 0.2) is 66.9 Å². The molecule has 10 nitrogen and oxygen atoms in total. The zero-order chi connectivity index (χ0) is 27.0. The topological polar surface area (TPSA) is 116 Å². The molecule has 0 spiro atoms. The summed E-state index contributed by atoms with van der Waals surface area (Å²) >= 11 is 0. The number of urea groups is 1. The first-order valence-corrected chi connectivity index (χ1v) is 13.3. The summed E-state index contributed by atoms with van der Waals surface area (Å²) < 4.78 is 5.36. The molecule has 0 aliphatic carbocycles. The van der Waals surface area contributed by atoms with Gasteiger partial charge in [-0.2, -0.15) is 0 Å². The Bertz CT molecular complexity index is 1260. The van der Waals surface area contributed by atoms with Crippen molar-refractivity contribution in [3.63, 3.8) is 0 Å². The summed E-state index contributed by atoms with van der Waals surface area (Å²) in [7, 11) is 0. The number of ether oxygens (including phenoxy) is 1. The van der Waals surface area contributed by atoms with Crippen molar-refractivity contribution in [1.82, 2.24) is 14.8 Å². The van der Waals surface area contributed by atoms with E-state index in [9.17, 15) is 9.59 Å². The second kappa shape index (κ2) is 12.5. The highest BCUT2D eigenvalue weighted by atomic mass is 16.5. The zero-order valence-electron chi connectivity index (χ0n) is 22.0. The van der Waals surface area contributed by atoms with Crippen LogP contribution in [0.25, 0.3) is 0 Å². The van der Waals surface area contributed by atoms with Crippen molar-refractivity contribution >= 4 is 34.8 Å². The van der Waals surface area contributed by atoms with Gasteiger partial charge < -0.3 is 35.8 Å². The third-order valence-corrected chi connectivity index (χ3v) is 7.01. The lowest BCUT2D eigenvalue weighted by molar-refractivity contribution is -0.117. The Morgan fingerprint density at radius 2 is 1.59 bits per heavy atom. The zero-order valence-corrected chi connectivity index (χ0v) is 22.0. The van der Waals surface area contributed by atoms with E-state index in [1.165, 1.54) is 0 Å². The van der Waals surface area contributed by atoms with Crippen LogP contribution < -0.4 is 21.3 Å². The summed E-state index contributed by atoms with van der Waals surface area (Å²) in [5.41, 5.74) is 10.2. The van der Waals surface area contributed by atoms with Gasteiger partial charge in [0.2, 0.25) is 5.91 Å². The van der Waals surface area contributed by atoms with Crippen LogP contribution in [0.5, 0.6) is 0 Å². The smallest absolute Gasteiger partial charge is 0.320 e. The molecule has 2 aliphatic heterocycles. The number of carbonyl (C=O) groups excluding carboxylic acids is 2. The fraction of sp³-hybridized carbons (Fsp3) is 0.345. The summed E-state index contributed by atoms with van der Waals surface area (Å²) in [6.07, 6.45) is 1.80. The minimum absolute atomic E-state index is 0.115. The lowest BCUT2D eigenvalue weighted by Gasteiger charge is -2.39. The molecule has 10 heteroatoms. The van der Waals surface area contributed by atoms with E-state index < -0.39 is 5.91 Å². The van der Waals surface area contributed by atoms with E-state index in [1.54, 1.807) is 6.20 Å². The average molecular weight is 530 g/mol. The number of hydrogen-bond acceptors (Lipinski definition) is 7. The molecule has 2 aromatic carbocycles. The van der Waals surface area contributed by atoms with E-state index in [-0.39, 0.29) is 12.5 Å². The van der Waals surface area contributed by atoms with E-state index in [2.05, 4.69) is 32.7 Å². The molecule has 5 rings (SSSR count). The molecule has 0 saturated carbocycles. The number of aromatic nitrogens is 1. The maximum absolute atomic E-state index is 12.8. The first-order chi connectivity index (χ1) is 19.0. The Balaban J connectivity index is 1.19. The lowest BCUT2D eigenvalue weighted by Crippen LogP contribution is -2.54. The highest BCUT2D eigenvalue weighted by molar-refractivity contribution is 5.79. The predicted molar refractivity (Wildman–Crippen MR) is 152 cm³/mol. The maximum atomic E-state index is 12.8. The highest BCUT2D eigenvalue weighted by Gasteiger charge is 2.26. The average Bonchev–Trinajstić information content (AvgIpc) is 2.98. The number of hydrogen-bond donors (Lipinski definition) is 3. The normalized spacial score (nSPS) is 15.6. The number of pyridine rings is 1. The summed E-state index contributed by atoms with van der Waals surface area (Å²) in [5, 5.41) is 6.77. The van der Waals surface area contributed by atoms with Gasteiger partial charge in [0.05, 0.1) is 19.6 Å². The largest absolute Gasteiger partial charge is 0.381 e. The van der Waals surface area contributed by atoms with Crippen LogP contribution in [0.1, 0.15) is 11.1 Å². The fourth-order valence-corrected chi connectivity index (χ4v) is 4.85. The molecule has 3 amide bonds. The van der Waals surface area contributed by atoms with Gasteiger partial charge in [-0.3, -0.25) is 4.79 Å². The van der Waals surface area contributed by atoms with Crippen LogP contribution in [0.3, 0.4) is 0 Å². The predicted octanol–water partition coefficient (Wildman–Crippen LogP) is 3.04. The fourth-order valence-electron chi connectivity index (χ4n) is 4.85. The molecule has 0 atom stereocenters. The summed E-state index contributed by atoms with van der Waals surface area (Å²) in [5.74, 6) is 0.268. The number of morpholine rings is 1. The number of amides is 3. The van der Waals surface area contributed by atoms with Gasteiger partial charge in [0.25, 0.3) is 0 Å². The minimum Gasteiger partial charge on any atom is -0.381 e. The molecule has 1 aromatic heterocycles. The number of nitrogens with two attached hydrogens (primary N) is 1. The lowest BCUT2D eigenvalue weighted by atomic mass is 10.1. The van der Waals surface area contributed by atoms with Gasteiger partial charge >= 0.3 is 6.03 Å². The van der Waals surface area contributed by atoms with E-state index in [0.29, 0.717) is 51.8 Å². The Labute approximate surface area is 228 Å². The second-order valence-electron chi connectivity index (χ2n) is 9.74. The quantitative estimate of drug-likeness (QED) is 0.411. The Morgan fingerprint density at radius 1 is 0.897 bits per heavy atom. The third-order valence-electron chi connectivity index (χ3n) is 7.01. The van der Waals surface area contributed by atoms with Gasteiger partial charge in [0.15, 0.2) is 0 Å². The number of nitrogens with one attached hydrogen (secondary N) is 2. The second-order valence-corrected chi connectivity index (χ2v) is 9.74. The van der Waals surface area contributed by atoms with Crippen LogP contribution in [0.2, 0.25) is 0 Å². The van der Waals surface area contributed by atoms with Crippen LogP contribution in [0, 0.1) is 0 Å². The Hall–Kier alpha value is -4.31. The molecular weight excluding hydrogens is 494 g/mol. The minimum atomic E-state index is -0.401. The van der Waals surface area contributed by atoms with Gasteiger partial charge in [-0.25, -0.2) is 9.78 Å². The molecule has 39 heavy (non-hydrogen) atoms. The summed E-state index contributed by atoms with van der Waals surface area (Å²) in [6, 6.07) is 20.3. The van der Waals surface area contributed by atoms with Crippen molar-refractivity contribution in [3.8, 4) is 0 Å². The molecule has 4 N–H and O–H groups in total. The Kier molecular flexibility index (Phi) is 8.42. The highest BCUT2D eigenvalue weighted by Crippen LogP contribution is 2.25. The molecular formula is C29H35N7O3. The van der Waals surface area contributed by atoms with Crippen molar-refractivity contribution < 1.29 is 14.3 Å². The van der Waals surface area contributed by atoms with Crippen molar-refractivity contribution in [2.75, 3.05) is 68.0 Å². The first-order valence-electron chi connectivity index (χ1n) is 13.3. The van der Waals surface area contributed by atoms with Gasteiger partial charge in [0, 0.05) is 80.7 Å². The molecule has 204 valence electrons. The van der Waals surface area contributed by atoms with Crippen molar-refractivity contribution in [2.24, 2.45) is 5.73 Å². The van der Waals surface area contributed by atoms with Crippen molar-refractivity contribution in [1.29, 1.82) is 0 Å².